The van der Waals surface area contributed by atoms with Crippen LogP contribution in [0.15, 0.2) is 65.6 Å². The second kappa shape index (κ2) is 10.9. The van der Waals surface area contributed by atoms with Gasteiger partial charge >= 0.3 is 5.97 Å². The summed E-state index contributed by atoms with van der Waals surface area (Å²) in [5, 5.41) is 0. The Balaban J connectivity index is 1.44. The van der Waals surface area contributed by atoms with E-state index in [-0.39, 0.29) is 37.0 Å². The highest BCUT2D eigenvalue weighted by atomic mass is 32.2. The topological polar surface area (TPSA) is 93.2 Å². The van der Waals surface area contributed by atoms with Crippen molar-refractivity contribution in [2.45, 2.75) is 11.8 Å². The summed E-state index contributed by atoms with van der Waals surface area (Å²) in [6.07, 6.45) is 2.85. The van der Waals surface area contributed by atoms with Gasteiger partial charge in [-0.25, -0.2) is 13.2 Å². The molecule has 1 heterocycles. The smallest absolute Gasteiger partial charge is 0.331 e. The fourth-order valence-corrected chi connectivity index (χ4v) is 4.64. The zero-order valence-corrected chi connectivity index (χ0v) is 18.7. The van der Waals surface area contributed by atoms with Crippen molar-refractivity contribution in [2.24, 2.45) is 0 Å². The summed E-state index contributed by atoms with van der Waals surface area (Å²) in [7, 11) is -3.58. The molecule has 1 amide bonds. The fraction of sp³-hybridized carbons (Fsp3) is 0.304. The molecule has 32 heavy (non-hydrogen) atoms. The van der Waals surface area contributed by atoms with Crippen molar-refractivity contribution < 1.29 is 27.5 Å². The first-order chi connectivity index (χ1) is 15.4. The maximum atomic E-state index is 12.7. The lowest BCUT2D eigenvalue weighted by molar-refractivity contribution is -0.148. The van der Waals surface area contributed by atoms with Crippen molar-refractivity contribution in [3.05, 3.63) is 66.2 Å². The molecule has 0 atom stereocenters. The number of hydrogen-bond donors (Lipinski definition) is 0. The molecule has 0 unspecified atom stereocenters. The van der Waals surface area contributed by atoms with Gasteiger partial charge < -0.3 is 14.4 Å². The Hall–Kier alpha value is -3.17. The molecule has 0 N–H and O–H groups in total. The van der Waals surface area contributed by atoms with E-state index in [0.717, 1.165) is 11.3 Å². The van der Waals surface area contributed by atoms with Gasteiger partial charge in [0.2, 0.25) is 10.0 Å². The summed E-state index contributed by atoms with van der Waals surface area (Å²) in [5.74, 6) is -0.239. The zero-order chi connectivity index (χ0) is 23.0. The van der Waals surface area contributed by atoms with Crippen LogP contribution in [0.2, 0.25) is 0 Å². The maximum absolute atomic E-state index is 12.7. The summed E-state index contributed by atoms with van der Waals surface area (Å²) >= 11 is 0. The quantitative estimate of drug-likeness (QED) is 0.445. The monoisotopic (exact) mass is 458 g/mol. The molecular formula is C23H26N2O6S. The molecule has 1 aliphatic heterocycles. The number of hydrogen-bond acceptors (Lipinski definition) is 6. The van der Waals surface area contributed by atoms with Crippen molar-refractivity contribution in [2.75, 3.05) is 39.4 Å². The number of ether oxygens (including phenoxy) is 2. The first kappa shape index (κ1) is 23.5. The van der Waals surface area contributed by atoms with E-state index in [1.807, 2.05) is 19.1 Å². The lowest BCUT2D eigenvalue weighted by Gasteiger charge is -2.33. The van der Waals surface area contributed by atoms with E-state index in [9.17, 15) is 18.0 Å². The molecule has 3 rings (SSSR count). The molecule has 2 aromatic rings. The highest BCUT2D eigenvalue weighted by Crippen LogP contribution is 2.17. The molecule has 2 aromatic carbocycles. The van der Waals surface area contributed by atoms with Crippen molar-refractivity contribution in [3.8, 4) is 5.75 Å². The van der Waals surface area contributed by atoms with Crippen LogP contribution in [0.1, 0.15) is 12.5 Å². The van der Waals surface area contributed by atoms with E-state index in [4.69, 9.17) is 9.47 Å². The van der Waals surface area contributed by atoms with Crippen LogP contribution < -0.4 is 4.74 Å². The molecule has 0 spiro atoms. The minimum Gasteiger partial charge on any atom is -0.494 e. The largest absolute Gasteiger partial charge is 0.494 e. The number of carbonyl (C=O) groups is 2. The standard InChI is InChI=1S/C23H26N2O6S/c1-2-30-20-11-8-19(9-12-20)10-13-23(27)31-18-22(26)24-14-16-25(17-15-24)32(28,29)21-6-4-3-5-7-21/h3-13H,2,14-18H2,1H3/b13-10+. The SMILES string of the molecule is CCOc1ccc(/C=C/C(=O)OCC(=O)N2CCN(S(=O)(=O)c3ccccc3)CC2)cc1. The Kier molecular flexibility index (Phi) is 8.02. The van der Waals surface area contributed by atoms with Crippen LogP contribution in [0.4, 0.5) is 0 Å². The molecule has 0 saturated carbocycles. The normalized spacial score (nSPS) is 15.0. The van der Waals surface area contributed by atoms with Gasteiger partial charge in [-0.3, -0.25) is 4.79 Å². The molecular weight excluding hydrogens is 432 g/mol. The average molecular weight is 459 g/mol. The molecule has 9 heteroatoms. The maximum Gasteiger partial charge on any atom is 0.331 e. The Bertz CT molecular complexity index is 1040. The van der Waals surface area contributed by atoms with Crippen LogP contribution in [-0.2, 0) is 24.3 Å². The van der Waals surface area contributed by atoms with Gasteiger partial charge in [0.1, 0.15) is 5.75 Å². The minimum atomic E-state index is -3.58. The van der Waals surface area contributed by atoms with Gasteiger partial charge in [0.05, 0.1) is 11.5 Å². The van der Waals surface area contributed by atoms with E-state index in [2.05, 4.69) is 0 Å². The van der Waals surface area contributed by atoms with Gasteiger partial charge in [-0.1, -0.05) is 30.3 Å². The third-order valence-electron chi connectivity index (χ3n) is 4.91. The molecule has 8 nitrogen and oxygen atoms in total. The first-order valence-corrected chi connectivity index (χ1v) is 11.7. The highest BCUT2D eigenvalue weighted by Gasteiger charge is 2.30. The van der Waals surface area contributed by atoms with Crippen molar-refractivity contribution in [1.29, 1.82) is 0 Å². The van der Waals surface area contributed by atoms with Crippen molar-refractivity contribution in [3.63, 3.8) is 0 Å². The Labute approximate surface area is 188 Å². The third-order valence-corrected chi connectivity index (χ3v) is 6.83. The number of nitrogens with zero attached hydrogens (tertiary/aromatic N) is 2. The van der Waals surface area contributed by atoms with E-state index in [1.54, 1.807) is 48.5 Å². The molecule has 1 aliphatic rings. The number of benzene rings is 2. The number of esters is 1. The Morgan fingerprint density at radius 3 is 2.25 bits per heavy atom. The molecule has 1 fully saturated rings. The number of carbonyl (C=O) groups excluding carboxylic acids is 2. The summed E-state index contributed by atoms with van der Waals surface area (Å²) in [4.78, 5) is 26.0. The van der Waals surface area contributed by atoms with Crippen molar-refractivity contribution in [1.82, 2.24) is 9.21 Å². The van der Waals surface area contributed by atoms with Gasteiger partial charge in [-0.2, -0.15) is 4.31 Å². The second-order valence-corrected chi connectivity index (χ2v) is 8.98. The molecule has 1 saturated heterocycles. The molecule has 0 radical (unpaired) electrons. The molecule has 0 aromatic heterocycles. The minimum absolute atomic E-state index is 0.189. The number of sulfonamides is 1. The number of amides is 1. The van der Waals surface area contributed by atoms with Crippen LogP contribution in [0.5, 0.6) is 5.75 Å². The van der Waals surface area contributed by atoms with Gasteiger partial charge in [0, 0.05) is 32.3 Å². The Morgan fingerprint density at radius 1 is 0.969 bits per heavy atom. The fourth-order valence-electron chi connectivity index (χ4n) is 3.20. The van der Waals surface area contributed by atoms with Crippen molar-refractivity contribution >= 4 is 28.0 Å². The molecule has 0 aliphatic carbocycles. The van der Waals surface area contributed by atoms with Gasteiger partial charge in [0.15, 0.2) is 6.61 Å². The van der Waals surface area contributed by atoms with Gasteiger partial charge in [-0.15, -0.1) is 0 Å². The lowest BCUT2D eigenvalue weighted by atomic mass is 10.2. The second-order valence-electron chi connectivity index (χ2n) is 7.04. The Morgan fingerprint density at radius 2 is 1.62 bits per heavy atom. The first-order valence-electron chi connectivity index (χ1n) is 10.3. The summed E-state index contributed by atoms with van der Waals surface area (Å²) < 4.78 is 37.1. The average Bonchev–Trinajstić information content (AvgIpc) is 2.83. The zero-order valence-electron chi connectivity index (χ0n) is 17.8. The summed E-state index contributed by atoms with van der Waals surface area (Å²) in [6.45, 7) is 2.95. The van der Waals surface area contributed by atoms with Gasteiger partial charge in [-0.05, 0) is 42.8 Å². The predicted molar refractivity (Wildman–Crippen MR) is 119 cm³/mol. The third kappa shape index (κ3) is 6.18. The lowest BCUT2D eigenvalue weighted by Crippen LogP contribution is -2.51. The van der Waals surface area contributed by atoms with Gasteiger partial charge in [0.25, 0.3) is 5.91 Å². The highest BCUT2D eigenvalue weighted by molar-refractivity contribution is 7.89. The van der Waals surface area contributed by atoms with Crippen LogP contribution in [-0.4, -0.2) is 68.9 Å². The number of rotatable bonds is 8. The summed E-state index contributed by atoms with van der Waals surface area (Å²) in [6, 6.07) is 15.4. The predicted octanol–water partition coefficient (Wildman–Crippen LogP) is 2.17. The van der Waals surface area contributed by atoms with Crippen LogP contribution in [0, 0.1) is 0 Å². The molecule has 170 valence electrons. The summed E-state index contributed by atoms with van der Waals surface area (Å²) in [5.41, 5.74) is 0.799. The van der Waals surface area contributed by atoms with Crippen LogP contribution in [0.3, 0.4) is 0 Å². The van der Waals surface area contributed by atoms with Crippen LogP contribution in [0.25, 0.3) is 6.08 Å². The molecule has 0 bridgehead atoms. The van der Waals surface area contributed by atoms with E-state index in [0.29, 0.717) is 6.61 Å². The number of piperazine rings is 1. The van der Waals surface area contributed by atoms with Crippen LogP contribution >= 0.6 is 0 Å². The van der Waals surface area contributed by atoms with E-state index >= 15 is 0 Å². The van der Waals surface area contributed by atoms with E-state index in [1.165, 1.54) is 15.3 Å². The van der Waals surface area contributed by atoms with E-state index < -0.39 is 22.6 Å².